The zero-order valence-corrected chi connectivity index (χ0v) is 8.85. The molecule has 0 aromatic carbocycles. The van der Waals surface area contributed by atoms with Crippen molar-refractivity contribution in [2.45, 2.75) is 38.2 Å². The summed E-state index contributed by atoms with van der Waals surface area (Å²) >= 11 is 0. The van der Waals surface area contributed by atoms with Gasteiger partial charge < -0.3 is 9.47 Å². The second-order valence-electron chi connectivity index (χ2n) is 3.37. The minimum absolute atomic E-state index is 0.695. The van der Waals surface area contributed by atoms with Gasteiger partial charge in [0.1, 0.15) is 0 Å². The van der Waals surface area contributed by atoms with Gasteiger partial charge in [0, 0.05) is 0 Å². The molecule has 0 aliphatic heterocycles. The Balaban J connectivity index is 4.32. The number of ether oxygens (including phenoxy) is 2. The Morgan fingerprint density at radius 1 is 1.18 bits per heavy atom. The summed E-state index contributed by atoms with van der Waals surface area (Å²) in [6.45, 7) is 0.694. The maximum absolute atomic E-state index is 12.6. The van der Waals surface area contributed by atoms with E-state index < -0.39 is 37.1 Å². The molecule has 0 aliphatic carbocycles. The van der Waals surface area contributed by atoms with Gasteiger partial charge in [-0.05, 0) is 13.8 Å². The van der Waals surface area contributed by atoms with E-state index in [0.717, 1.165) is 0 Å². The van der Waals surface area contributed by atoms with Gasteiger partial charge in [-0.1, -0.05) is 0 Å². The molecule has 1 unspecified atom stereocenters. The Morgan fingerprint density at radius 3 is 2.00 bits per heavy atom. The third kappa shape index (κ3) is 5.64. The van der Waals surface area contributed by atoms with Crippen LogP contribution in [0, 0.1) is 0 Å². The zero-order chi connectivity index (χ0) is 13.9. The maximum Gasteiger partial charge on any atom is 0.508 e. The first-order chi connectivity index (χ1) is 7.47. The summed E-state index contributed by atoms with van der Waals surface area (Å²) in [4.78, 5) is 10.6. The number of halogens is 6. The van der Waals surface area contributed by atoms with Crippen molar-refractivity contribution in [3.05, 3.63) is 0 Å². The van der Waals surface area contributed by atoms with Crippen LogP contribution in [0.3, 0.4) is 0 Å². The van der Waals surface area contributed by atoms with Crippen LogP contribution in [0.25, 0.3) is 0 Å². The molecule has 0 amide bonds. The first-order valence-electron chi connectivity index (χ1n) is 4.39. The minimum Gasteiger partial charge on any atom is -0.432 e. The van der Waals surface area contributed by atoms with Crippen molar-refractivity contribution < 1.29 is 40.6 Å². The van der Waals surface area contributed by atoms with E-state index >= 15 is 0 Å². The number of alkyl halides is 6. The molecule has 102 valence electrons. The van der Waals surface area contributed by atoms with Crippen LogP contribution < -0.4 is 0 Å². The lowest BCUT2D eigenvalue weighted by atomic mass is 10.2. The van der Waals surface area contributed by atoms with E-state index in [1.165, 1.54) is 13.8 Å². The van der Waals surface area contributed by atoms with Crippen molar-refractivity contribution in [1.29, 1.82) is 0 Å². The van der Waals surface area contributed by atoms with E-state index in [0.29, 0.717) is 0 Å². The van der Waals surface area contributed by atoms with Gasteiger partial charge in [0.15, 0.2) is 6.61 Å². The smallest absolute Gasteiger partial charge is 0.432 e. The Bertz CT molecular complexity index is 262. The molecule has 0 rings (SSSR count). The molecule has 0 radical (unpaired) electrons. The number of hydrogen-bond donors (Lipinski definition) is 0. The predicted molar refractivity (Wildman–Crippen MR) is 43.5 cm³/mol. The summed E-state index contributed by atoms with van der Waals surface area (Å²) < 4.78 is 80.3. The molecule has 0 aromatic heterocycles. The Labute approximate surface area is 92.7 Å². The molecule has 17 heavy (non-hydrogen) atoms. The predicted octanol–water partition coefficient (Wildman–Crippen LogP) is 3.08. The highest BCUT2D eigenvalue weighted by Gasteiger charge is 2.57. The van der Waals surface area contributed by atoms with Gasteiger partial charge in [0.2, 0.25) is 0 Å². The van der Waals surface area contributed by atoms with Gasteiger partial charge in [-0.25, -0.2) is 9.18 Å². The number of rotatable bonds is 4. The number of hydrogen-bond acceptors (Lipinski definition) is 3. The third-order valence-electron chi connectivity index (χ3n) is 1.37. The topological polar surface area (TPSA) is 35.5 Å². The summed E-state index contributed by atoms with van der Waals surface area (Å²) in [7, 11) is 0. The highest BCUT2D eigenvalue weighted by atomic mass is 19.4. The molecule has 0 aliphatic rings. The fourth-order valence-electron chi connectivity index (χ4n) is 0.694. The first kappa shape index (κ1) is 15.9. The average molecular weight is 268 g/mol. The van der Waals surface area contributed by atoms with Gasteiger partial charge in [0.25, 0.3) is 6.17 Å². The number of carbonyl (C=O) groups excluding carboxylic acids is 1. The summed E-state index contributed by atoms with van der Waals surface area (Å²) in [5.74, 6) is -4.85. The SMILES string of the molecule is CC(C)OC(=O)OCC(F)(F)C(F)C(F)(F)F. The molecule has 0 bridgehead atoms. The quantitative estimate of drug-likeness (QED) is 0.580. The summed E-state index contributed by atoms with van der Waals surface area (Å²) in [6, 6.07) is 0. The van der Waals surface area contributed by atoms with Crippen molar-refractivity contribution in [1.82, 2.24) is 0 Å². The molecule has 9 heteroatoms. The summed E-state index contributed by atoms with van der Waals surface area (Å²) in [5, 5.41) is 0. The molecule has 0 spiro atoms. The van der Waals surface area contributed by atoms with Crippen LogP contribution in [0.15, 0.2) is 0 Å². The van der Waals surface area contributed by atoms with E-state index in [-0.39, 0.29) is 0 Å². The van der Waals surface area contributed by atoms with Gasteiger partial charge in [-0.2, -0.15) is 22.0 Å². The van der Waals surface area contributed by atoms with E-state index in [2.05, 4.69) is 9.47 Å². The lowest BCUT2D eigenvalue weighted by Crippen LogP contribution is -2.45. The molecule has 0 N–H and O–H groups in total. The monoisotopic (exact) mass is 268 g/mol. The summed E-state index contributed by atoms with van der Waals surface area (Å²) in [5.41, 5.74) is 0. The largest absolute Gasteiger partial charge is 0.508 e. The molecular weight excluding hydrogens is 258 g/mol. The van der Waals surface area contributed by atoms with Crippen LogP contribution in [0.1, 0.15) is 13.8 Å². The van der Waals surface area contributed by atoms with Crippen molar-refractivity contribution in [3.8, 4) is 0 Å². The molecular formula is C8H10F6O3. The highest BCUT2D eigenvalue weighted by Crippen LogP contribution is 2.35. The van der Waals surface area contributed by atoms with E-state index in [4.69, 9.17) is 0 Å². The lowest BCUT2D eigenvalue weighted by Gasteiger charge is -2.22. The maximum atomic E-state index is 12.6. The average Bonchev–Trinajstić information content (AvgIpc) is 2.11. The van der Waals surface area contributed by atoms with E-state index in [1.54, 1.807) is 0 Å². The van der Waals surface area contributed by atoms with Crippen molar-refractivity contribution in [2.24, 2.45) is 0 Å². The molecule has 0 heterocycles. The molecule has 1 atom stereocenters. The standard InChI is InChI=1S/C8H10F6O3/c1-4(2)17-6(15)16-3-7(10,11)5(9)8(12,13)14/h4-5H,3H2,1-2H3. The normalized spacial score (nSPS) is 14.6. The Kier molecular flexibility index (Phi) is 5.09. The number of carbonyl (C=O) groups is 1. The molecule has 0 saturated heterocycles. The van der Waals surface area contributed by atoms with Crippen LogP contribution in [0.5, 0.6) is 0 Å². The molecule has 0 aromatic rings. The van der Waals surface area contributed by atoms with Gasteiger partial charge in [-0.15, -0.1) is 0 Å². The van der Waals surface area contributed by atoms with Gasteiger partial charge >= 0.3 is 18.3 Å². The van der Waals surface area contributed by atoms with Crippen molar-refractivity contribution in [3.63, 3.8) is 0 Å². The van der Waals surface area contributed by atoms with Crippen LogP contribution in [-0.2, 0) is 9.47 Å². The minimum atomic E-state index is -5.73. The van der Waals surface area contributed by atoms with Crippen LogP contribution >= 0.6 is 0 Å². The first-order valence-corrected chi connectivity index (χ1v) is 4.39. The zero-order valence-electron chi connectivity index (χ0n) is 8.85. The third-order valence-corrected chi connectivity index (χ3v) is 1.37. The van der Waals surface area contributed by atoms with Crippen molar-refractivity contribution in [2.75, 3.05) is 6.61 Å². The van der Waals surface area contributed by atoms with Crippen molar-refractivity contribution >= 4 is 6.16 Å². The van der Waals surface area contributed by atoms with Crippen LogP contribution in [0.4, 0.5) is 31.1 Å². The van der Waals surface area contributed by atoms with Crippen LogP contribution in [0.2, 0.25) is 0 Å². The fraction of sp³-hybridized carbons (Fsp3) is 0.875. The second kappa shape index (κ2) is 5.46. The van der Waals surface area contributed by atoms with E-state index in [9.17, 15) is 31.1 Å². The van der Waals surface area contributed by atoms with Gasteiger partial charge in [0.05, 0.1) is 6.10 Å². The fourth-order valence-corrected chi connectivity index (χ4v) is 0.694. The van der Waals surface area contributed by atoms with Gasteiger partial charge in [-0.3, -0.25) is 0 Å². The lowest BCUT2D eigenvalue weighted by molar-refractivity contribution is -0.252. The highest BCUT2D eigenvalue weighted by molar-refractivity contribution is 5.60. The summed E-state index contributed by atoms with van der Waals surface area (Å²) in [6.07, 6.45) is -12.4. The van der Waals surface area contributed by atoms with Crippen LogP contribution in [-0.4, -0.2) is 37.1 Å². The van der Waals surface area contributed by atoms with E-state index in [1.807, 2.05) is 0 Å². The molecule has 0 saturated carbocycles. The molecule has 0 fully saturated rings. The Hall–Kier alpha value is -1.15. The Morgan fingerprint density at radius 2 is 1.65 bits per heavy atom. The second-order valence-corrected chi connectivity index (χ2v) is 3.37. The molecule has 3 nitrogen and oxygen atoms in total.